The fourth-order valence-electron chi connectivity index (χ4n) is 4.33. The SMILES string of the molecule is CN(C(=O)c1ccccc1-c1ncccn1)[C@@H]1CCC[C@@H]1Nc1nc2ccc(F)cc2s1. The Bertz CT molecular complexity index is 1260. The molecule has 0 aliphatic heterocycles. The van der Waals surface area contributed by atoms with Gasteiger partial charge in [-0.1, -0.05) is 29.5 Å². The third-order valence-electron chi connectivity index (χ3n) is 5.92. The molecule has 1 aliphatic carbocycles. The Morgan fingerprint density at radius 1 is 1.12 bits per heavy atom. The van der Waals surface area contributed by atoms with Gasteiger partial charge in [0.05, 0.1) is 21.8 Å². The molecule has 1 fully saturated rings. The Morgan fingerprint density at radius 3 is 2.78 bits per heavy atom. The first-order valence-electron chi connectivity index (χ1n) is 10.6. The van der Waals surface area contributed by atoms with Gasteiger partial charge in [-0.15, -0.1) is 0 Å². The van der Waals surface area contributed by atoms with Crippen molar-refractivity contribution in [2.45, 2.75) is 31.3 Å². The van der Waals surface area contributed by atoms with Gasteiger partial charge in [0, 0.05) is 31.0 Å². The summed E-state index contributed by atoms with van der Waals surface area (Å²) in [6.07, 6.45) is 6.21. The van der Waals surface area contributed by atoms with E-state index < -0.39 is 0 Å². The van der Waals surface area contributed by atoms with Crippen LogP contribution in [0, 0.1) is 5.82 Å². The highest BCUT2D eigenvalue weighted by molar-refractivity contribution is 7.22. The Hall–Kier alpha value is -3.39. The summed E-state index contributed by atoms with van der Waals surface area (Å²) in [5.74, 6) is 0.212. The molecule has 4 aromatic rings. The van der Waals surface area contributed by atoms with Crippen molar-refractivity contribution in [1.82, 2.24) is 19.9 Å². The van der Waals surface area contributed by atoms with Gasteiger partial charge >= 0.3 is 0 Å². The van der Waals surface area contributed by atoms with Crippen LogP contribution in [-0.4, -0.2) is 44.9 Å². The number of nitrogens with zero attached hydrogens (tertiary/aromatic N) is 4. The van der Waals surface area contributed by atoms with E-state index in [0.717, 1.165) is 40.2 Å². The molecular weight excluding hydrogens is 425 g/mol. The summed E-state index contributed by atoms with van der Waals surface area (Å²) in [6, 6.07) is 13.9. The van der Waals surface area contributed by atoms with Gasteiger partial charge in [0.2, 0.25) is 0 Å². The number of aromatic nitrogens is 3. The van der Waals surface area contributed by atoms with Crippen molar-refractivity contribution in [2.24, 2.45) is 0 Å². The van der Waals surface area contributed by atoms with Gasteiger partial charge in [0.25, 0.3) is 5.91 Å². The number of carbonyl (C=O) groups excluding carboxylic acids is 1. The molecule has 1 aliphatic rings. The average Bonchev–Trinajstić information content (AvgIpc) is 3.45. The molecule has 8 heteroatoms. The topological polar surface area (TPSA) is 71.0 Å². The molecule has 1 amide bonds. The van der Waals surface area contributed by atoms with Crippen LogP contribution in [-0.2, 0) is 0 Å². The second-order valence-electron chi connectivity index (χ2n) is 7.91. The van der Waals surface area contributed by atoms with Crippen LogP contribution in [0.2, 0.25) is 0 Å². The third kappa shape index (κ3) is 3.93. The first kappa shape index (κ1) is 20.5. The maximum absolute atomic E-state index is 13.5. The first-order valence-corrected chi connectivity index (χ1v) is 11.4. The number of amides is 1. The molecule has 162 valence electrons. The minimum absolute atomic E-state index is 0.0241. The maximum Gasteiger partial charge on any atom is 0.254 e. The molecule has 0 bridgehead atoms. The number of likely N-dealkylation sites (N-methyl/N-ethyl adjacent to an activating group) is 1. The highest BCUT2D eigenvalue weighted by atomic mass is 32.1. The number of thiazole rings is 1. The Kier molecular flexibility index (Phi) is 5.53. The van der Waals surface area contributed by atoms with Gasteiger partial charge in [-0.05, 0) is 49.6 Å². The quantitative estimate of drug-likeness (QED) is 0.466. The summed E-state index contributed by atoms with van der Waals surface area (Å²) in [6.45, 7) is 0. The number of halogens is 1. The van der Waals surface area contributed by atoms with E-state index in [2.05, 4.69) is 20.3 Å². The van der Waals surface area contributed by atoms with Crippen molar-refractivity contribution in [3.8, 4) is 11.4 Å². The molecule has 0 saturated heterocycles. The minimum atomic E-state index is -0.266. The van der Waals surface area contributed by atoms with E-state index in [1.165, 1.54) is 23.5 Å². The molecule has 1 N–H and O–H groups in total. The van der Waals surface area contributed by atoms with Gasteiger partial charge in [0.1, 0.15) is 5.82 Å². The van der Waals surface area contributed by atoms with Crippen molar-refractivity contribution in [2.75, 3.05) is 12.4 Å². The minimum Gasteiger partial charge on any atom is -0.357 e. The number of fused-ring (bicyclic) bond motifs is 1. The molecule has 1 saturated carbocycles. The van der Waals surface area contributed by atoms with E-state index >= 15 is 0 Å². The summed E-state index contributed by atoms with van der Waals surface area (Å²) in [7, 11) is 1.85. The number of rotatable bonds is 5. The van der Waals surface area contributed by atoms with Crippen LogP contribution in [0.25, 0.3) is 21.6 Å². The van der Waals surface area contributed by atoms with Crippen LogP contribution in [0.5, 0.6) is 0 Å². The molecule has 2 aromatic carbocycles. The predicted molar refractivity (Wildman–Crippen MR) is 124 cm³/mol. The van der Waals surface area contributed by atoms with E-state index in [1.54, 1.807) is 24.5 Å². The van der Waals surface area contributed by atoms with Gasteiger partial charge in [-0.2, -0.15) is 0 Å². The lowest BCUT2D eigenvalue weighted by atomic mass is 10.0. The van der Waals surface area contributed by atoms with Crippen molar-refractivity contribution in [3.63, 3.8) is 0 Å². The van der Waals surface area contributed by atoms with Crippen LogP contribution >= 0.6 is 11.3 Å². The summed E-state index contributed by atoms with van der Waals surface area (Å²) in [4.78, 5) is 28.5. The summed E-state index contributed by atoms with van der Waals surface area (Å²) in [5, 5.41) is 4.25. The second-order valence-corrected chi connectivity index (χ2v) is 8.94. The van der Waals surface area contributed by atoms with Crippen molar-refractivity contribution in [1.29, 1.82) is 0 Å². The lowest BCUT2D eigenvalue weighted by molar-refractivity contribution is 0.0728. The zero-order valence-corrected chi connectivity index (χ0v) is 18.3. The molecule has 2 aromatic heterocycles. The predicted octanol–water partition coefficient (Wildman–Crippen LogP) is 5.00. The number of benzene rings is 2. The first-order chi connectivity index (χ1) is 15.6. The highest BCUT2D eigenvalue weighted by Gasteiger charge is 2.34. The van der Waals surface area contributed by atoms with Crippen LogP contribution in [0.1, 0.15) is 29.6 Å². The van der Waals surface area contributed by atoms with Crippen LogP contribution < -0.4 is 5.32 Å². The summed E-state index contributed by atoms with van der Waals surface area (Å²) in [5.41, 5.74) is 2.08. The molecule has 2 atom stereocenters. The van der Waals surface area contributed by atoms with E-state index in [4.69, 9.17) is 0 Å². The molecule has 0 radical (unpaired) electrons. The largest absolute Gasteiger partial charge is 0.357 e. The number of anilines is 1. The fraction of sp³-hybridized carbons (Fsp3) is 0.250. The molecule has 2 heterocycles. The fourth-order valence-corrected chi connectivity index (χ4v) is 5.29. The van der Waals surface area contributed by atoms with Gasteiger partial charge in [0.15, 0.2) is 11.0 Å². The van der Waals surface area contributed by atoms with Gasteiger partial charge < -0.3 is 10.2 Å². The van der Waals surface area contributed by atoms with Gasteiger partial charge in [-0.3, -0.25) is 4.79 Å². The zero-order chi connectivity index (χ0) is 22.1. The molecule has 5 rings (SSSR count). The molecule has 0 spiro atoms. The Labute approximate surface area is 189 Å². The lowest BCUT2D eigenvalue weighted by Crippen LogP contribution is -2.44. The standard InChI is InChI=1S/C24H22FN5OS/c1-30(23(31)17-7-3-2-6-16(17)22-26-12-5-13-27-22)20-9-4-8-18(20)28-24-29-19-11-10-15(25)14-21(19)32-24/h2-3,5-7,10-14,18,20H,4,8-9H2,1H3,(H,28,29)/t18-,20+/m0/s1. The molecular formula is C24H22FN5OS. The monoisotopic (exact) mass is 447 g/mol. The lowest BCUT2D eigenvalue weighted by Gasteiger charge is -2.30. The van der Waals surface area contributed by atoms with E-state index in [1.807, 2.05) is 36.2 Å². The summed E-state index contributed by atoms with van der Waals surface area (Å²) >= 11 is 1.43. The van der Waals surface area contributed by atoms with E-state index in [-0.39, 0.29) is 23.8 Å². The number of hydrogen-bond donors (Lipinski definition) is 1. The van der Waals surface area contributed by atoms with Crippen LogP contribution in [0.15, 0.2) is 60.9 Å². The van der Waals surface area contributed by atoms with E-state index in [9.17, 15) is 9.18 Å². The van der Waals surface area contributed by atoms with Crippen molar-refractivity contribution in [3.05, 3.63) is 72.3 Å². The van der Waals surface area contributed by atoms with Crippen molar-refractivity contribution < 1.29 is 9.18 Å². The molecule has 32 heavy (non-hydrogen) atoms. The smallest absolute Gasteiger partial charge is 0.254 e. The maximum atomic E-state index is 13.5. The number of hydrogen-bond acceptors (Lipinski definition) is 6. The zero-order valence-electron chi connectivity index (χ0n) is 17.5. The van der Waals surface area contributed by atoms with E-state index in [0.29, 0.717) is 11.4 Å². The summed E-state index contributed by atoms with van der Waals surface area (Å²) < 4.78 is 14.3. The average molecular weight is 448 g/mol. The third-order valence-corrected chi connectivity index (χ3v) is 6.87. The normalized spacial score (nSPS) is 18.1. The molecule has 0 unspecified atom stereocenters. The van der Waals surface area contributed by atoms with Crippen LogP contribution in [0.3, 0.4) is 0 Å². The van der Waals surface area contributed by atoms with Crippen molar-refractivity contribution >= 4 is 32.6 Å². The second kappa shape index (κ2) is 8.63. The Balaban J connectivity index is 1.38. The van der Waals surface area contributed by atoms with Crippen LogP contribution in [0.4, 0.5) is 9.52 Å². The highest BCUT2D eigenvalue weighted by Crippen LogP contribution is 2.32. The number of nitrogens with one attached hydrogen (secondary N) is 1. The Morgan fingerprint density at radius 2 is 1.94 bits per heavy atom. The molecule has 6 nitrogen and oxygen atoms in total. The number of carbonyl (C=O) groups is 1. The van der Waals surface area contributed by atoms with Gasteiger partial charge in [-0.25, -0.2) is 19.3 Å².